The minimum atomic E-state index is -0.534. The van der Waals surface area contributed by atoms with Crippen LogP contribution in [0.5, 0.6) is 0 Å². The van der Waals surface area contributed by atoms with Crippen molar-refractivity contribution < 1.29 is 19.0 Å². The Morgan fingerprint density at radius 2 is 2.30 bits per heavy atom. The molecule has 0 radical (unpaired) electrons. The predicted molar refractivity (Wildman–Crippen MR) is 74.7 cm³/mol. The van der Waals surface area contributed by atoms with Crippen molar-refractivity contribution in [2.24, 2.45) is 5.92 Å². The van der Waals surface area contributed by atoms with E-state index in [-0.39, 0.29) is 24.0 Å². The van der Waals surface area contributed by atoms with E-state index in [1.807, 2.05) is 6.92 Å². The highest BCUT2D eigenvalue weighted by atomic mass is 19.1. The molecule has 1 atom stereocenters. The first-order valence-electron chi connectivity index (χ1n) is 6.25. The summed E-state index contributed by atoms with van der Waals surface area (Å²) < 4.78 is 18.6. The number of carbonyl (C=O) groups excluding carboxylic acids is 1. The Hall–Kier alpha value is -1.90. The second kappa shape index (κ2) is 8.31. The number of aliphatic hydroxyl groups excluding tert-OH is 1. The first kappa shape index (κ1) is 16.2. The molecule has 0 saturated carbocycles. The summed E-state index contributed by atoms with van der Waals surface area (Å²) in [6, 6.07) is 4.25. The van der Waals surface area contributed by atoms with Gasteiger partial charge in [0.25, 0.3) is 0 Å². The topological polar surface area (TPSA) is 58.6 Å². The average Bonchev–Trinajstić information content (AvgIpc) is 2.37. The number of ether oxygens (including phenoxy) is 1. The molecule has 0 aromatic heterocycles. The monoisotopic (exact) mass is 279 g/mol. The second-order valence-electron chi connectivity index (χ2n) is 4.47. The molecule has 0 fully saturated rings. The second-order valence-corrected chi connectivity index (χ2v) is 4.47. The molecule has 1 rings (SSSR count). The van der Waals surface area contributed by atoms with Gasteiger partial charge in [0.2, 0.25) is 5.91 Å². The standard InChI is InChI=1S/C15H18FNO3/c1-11(10-20-2)8-15(19)17-13-6-5-12(4-3-7-18)14(16)9-13/h5-6,9,11,18H,7-8,10H2,1-2H3,(H,17,19). The highest BCUT2D eigenvalue weighted by Gasteiger charge is 2.10. The zero-order valence-corrected chi connectivity index (χ0v) is 11.6. The van der Waals surface area contributed by atoms with Gasteiger partial charge in [-0.3, -0.25) is 4.79 Å². The van der Waals surface area contributed by atoms with Crippen LogP contribution >= 0.6 is 0 Å². The largest absolute Gasteiger partial charge is 0.384 e. The van der Waals surface area contributed by atoms with Crippen molar-refractivity contribution in [3.8, 4) is 11.8 Å². The summed E-state index contributed by atoms with van der Waals surface area (Å²) in [6.07, 6.45) is 0.307. The lowest BCUT2D eigenvalue weighted by molar-refractivity contribution is -0.117. The van der Waals surface area contributed by atoms with Gasteiger partial charge < -0.3 is 15.2 Å². The van der Waals surface area contributed by atoms with E-state index in [0.29, 0.717) is 18.7 Å². The van der Waals surface area contributed by atoms with Crippen LogP contribution in [0.4, 0.5) is 10.1 Å². The van der Waals surface area contributed by atoms with Crippen LogP contribution in [0.3, 0.4) is 0 Å². The minimum Gasteiger partial charge on any atom is -0.384 e. The van der Waals surface area contributed by atoms with Crippen LogP contribution in [0.15, 0.2) is 18.2 Å². The Morgan fingerprint density at radius 1 is 1.55 bits per heavy atom. The van der Waals surface area contributed by atoms with E-state index in [4.69, 9.17) is 9.84 Å². The van der Waals surface area contributed by atoms with Crippen molar-refractivity contribution in [3.63, 3.8) is 0 Å². The van der Waals surface area contributed by atoms with Gasteiger partial charge in [-0.2, -0.15) is 0 Å². The number of methoxy groups -OCH3 is 1. The van der Waals surface area contributed by atoms with Crippen molar-refractivity contribution in [1.82, 2.24) is 0 Å². The SMILES string of the molecule is COCC(C)CC(=O)Nc1ccc(C#CCO)c(F)c1. The quantitative estimate of drug-likeness (QED) is 0.808. The Bertz CT molecular complexity index is 520. The van der Waals surface area contributed by atoms with Crippen molar-refractivity contribution in [1.29, 1.82) is 0 Å². The number of nitrogens with one attached hydrogen (secondary N) is 1. The summed E-state index contributed by atoms with van der Waals surface area (Å²) in [4.78, 5) is 11.7. The third kappa shape index (κ3) is 5.39. The van der Waals surface area contributed by atoms with Crippen LogP contribution in [-0.2, 0) is 9.53 Å². The van der Waals surface area contributed by atoms with Crippen LogP contribution in [0.2, 0.25) is 0 Å². The number of benzene rings is 1. The number of rotatable bonds is 5. The van der Waals surface area contributed by atoms with Gasteiger partial charge in [-0.15, -0.1) is 0 Å². The van der Waals surface area contributed by atoms with E-state index in [9.17, 15) is 9.18 Å². The van der Waals surface area contributed by atoms with Gasteiger partial charge in [0.15, 0.2) is 0 Å². The van der Waals surface area contributed by atoms with Crippen molar-refractivity contribution in [2.45, 2.75) is 13.3 Å². The lowest BCUT2D eigenvalue weighted by atomic mass is 10.1. The third-order valence-corrected chi connectivity index (χ3v) is 2.54. The van der Waals surface area contributed by atoms with E-state index in [0.717, 1.165) is 0 Å². The first-order chi connectivity index (χ1) is 9.56. The molecule has 5 heteroatoms. The molecule has 0 spiro atoms. The zero-order chi connectivity index (χ0) is 15.0. The number of aliphatic hydroxyl groups is 1. The van der Waals surface area contributed by atoms with Gasteiger partial charge in [-0.1, -0.05) is 18.8 Å². The first-order valence-corrected chi connectivity index (χ1v) is 6.25. The fourth-order valence-corrected chi connectivity index (χ4v) is 1.70. The molecule has 2 N–H and O–H groups in total. The normalized spacial score (nSPS) is 11.4. The zero-order valence-electron chi connectivity index (χ0n) is 11.6. The molecule has 4 nitrogen and oxygen atoms in total. The van der Waals surface area contributed by atoms with Crippen molar-refractivity contribution in [2.75, 3.05) is 25.6 Å². The number of carbonyl (C=O) groups is 1. The summed E-state index contributed by atoms with van der Waals surface area (Å²) in [7, 11) is 1.58. The maximum Gasteiger partial charge on any atom is 0.224 e. The molecular weight excluding hydrogens is 261 g/mol. The molecule has 0 aliphatic rings. The molecule has 108 valence electrons. The van der Waals surface area contributed by atoms with Gasteiger partial charge in [-0.05, 0) is 24.1 Å². The summed E-state index contributed by atoms with van der Waals surface area (Å²) in [5, 5.41) is 11.2. The minimum absolute atomic E-state index is 0.0968. The van der Waals surface area contributed by atoms with Crippen molar-refractivity contribution >= 4 is 11.6 Å². The molecule has 0 aliphatic carbocycles. The molecule has 0 heterocycles. The number of anilines is 1. The van der Waals surface area contributed by atoms with Gasteiger partial charge >= 0.3 is 0 Å². The van der Waals surface area contributed by atoms with Crippen LogP contribution in [-0.4, -0.2) is 31.3 Å². The summed E-state index contributed by atoms with van der Waals surface area (Å²) in [6.45, 7) is 2.07. The Morgan fingerprint density at radius 3 is 2.90 bits per heavy atom. The summed E-state index contributed by atoms with van der Waals surface area (Å²) >= 11 is 0. The van der Waals surface area contributed by atoms with Crippen LogP contribution in [0.25, 0.3) is 0 Å². The average molecular weight is 279 g/mol. The van der Waals surface area contributed by atoms with Gasteiger partial charge in [0.1, 0.15) is 12.4 Å². The molecule has 0 saturated heterocycles. The van der Waals surface area contributed by atoms with Gasteiger partial charge in [0.05, 0.1) is 5.56 Å². The number of amides is 1. The lowest BCUT2D eigenvalue weighted by Crippen LogP contribution is -2.17. The van der Waals surface area contributed by atoms with E-state index < -0.39 is 5.82 Å². The van der Waals surface area contributed by atoms with Crippen LogP contribution in [0, 0.1) is 23.6 Å². The van der Waals surface area contributed by atoms with Gasteiger partial charge in [-0.25, -0.2) is 4.39 Å². The molecule has 1 unspecified atom stereocenters. The molecule has 1 aromatic carbocycles. The smallest absolute Gasteiger partial charge is 0.224 e. The Labute approximate surface area is 117 Å². The molecule has 20 heavy (non-hydrogen) atoms. The maximum absolute atomic E-state index is 13.7. The van der Waals surface area contributed by atoms with Crippen LogP contribution in [0.1, 0.15) is 18.9 Å². The van der Waals surface area contributed by atoms with E-state index in [1.165, 1.54) is 12.1 Å². The molecule has 0 bridgehead atoms. The molecule has 1 amide bonds. The fraction of sp³-hybridized carbons (Fsp3) is 0.400. The molecule has 0 aliphatic heterocycles. The third-order valence-electron chi connectivity index (χ3n) is 2.54. The molecule has 1 aromatic rings. The highest BCUT2D eigenvalue weighted by molar-refractivity contribution is 5.90. The van der Waals surface area contributed by atoms with Gasteiger partial charge in [0, 0.05) is 25.8 Å². The molecular formula is C15H18FNO3. The number of hydrogen-bond donors (Lipinski definition) is 2. The Balaban J connectivity index is 2.65. The van der Waals surface area contributed by atoms with E-state index >= 15 is 0 Å². The summed E-state index contributed by atoms with van der Waals surface area (Å²) in [5.74, 6) is 4.23. The Kier molecular flexibility index (Phi) is 6.71. The highest BCUT2D eigenvalue weighted by Crippen LogP contribution is 2.15. The summed E-state index contributed by atoms with van der Waals surface area (Å²) in [5.41, 5.74) is 0.566. The van der Waals surface area contributed by atoms with Crippen LogP contribution < -0.4 is 5.32 Å². The maximum atomic E-state index is 13.7. The predicted octanol–water partition coefficient (Wildman–Crippen LogP) is 1.78. The van der Waals surface area contributed by atoms with E-state index in [1.54, 1.807) is 13.2 Å². The lowest BCUT2D eigenvalue weighted by Gasteiger charge is -2.10. The van der Waals surface area contributed by atoms with E-state index in [2.05, 4.69) is 17.2 Å². The van der Waals surface area contributed by atoms with Crippen molar-refractivity contribution in [3.05, 3.63) is 29.6 Å². The number of halogens is 1. The number of hydrogen-bond acceptors (Lipinski definition) is 3. The fourth-order valence-electron chi connectivity index (χ4n) is 1.70.